The lowest BCUT2D eigenvalue weighted by molar-refractivity contribution is -0.137. The SMILES string of the molecule is CCCCCCCCCCCCCCCCCCCC#CCCCC(=O)O. The summed E-state index contributed by atoms with van der Waals surface area (Å²) in [5.74, 6) is 5.53. The summed E-state index contributed by atoms with van der Waals surface area (Å²) in [6, 6.07) is 0. The number of hydrogen-bond acceptors (Lipinski definition) is 1. The summed E-state index contributed by atoms with van der Waals surface area (Å²) in [6.07, 6.45) is 26.5. The number of carbonyl (C=O) groups is 1. The molecule has 0 aliphatic carbocycles. The summed E-state index contributed by atoms with van der Waals surface area (Å²) >= 11 is 0. The molecule has 0 aromatic carbocycles. The van der Waals surface area contributed by atoms with Crippen LogP contribution in [0.25, 0.3) is 0 Å². The zero-order valence-electron chi connectivity index (χ0n) is 18.2. The second-order valence-electron chi connectivity index (χ2n) is 8.01. The van der Waals surface area contributed by atoms with Crippen LogP contribution < -0.4 is 0 Å². The predicted molar refractivity (Wildman–Crippen MR) is 118 cm³/mol. The Kier molecular flexibility index (Phi) is 22.2. The first kappa shape index (κ1) is 26.0. The summed E-state index contributed by atoms with van der Waals surface area (Å²) in [6.45, 7) is 2.28. The van der Waals surface area contributed by atoms with E-state index >= 15 is 0 Å². The fourth-order valence-corrected chi connectivity index (χ4v) is 3.44. The minimum Gasteiger partial charge on any atom is -0.481 e. The molecule has 0 rings (SSSR count). The smallest absolute Gasteiger partial charge is 0.303 e. The van der Waals surface area contributed by atoms with Crippen LogP contribution in [0.3, 0.4) is 0 Å². The van der Waals surface area contributed by atoms with Crippen LogP contribution in [0, 0.1) is 11.8 Å². The molecule has 158 valence electrons. The molecular weight excluding hydrogens is 332 g/mol. The van der Waals surface area contributed by atoms with Gasteiger partial charge in [0.05, 0.1) is 0 Å². The molecule has 0 aromatic rings. The molecule has 27 heavy (non-hydrogen) atoms. The second-order valence-corrected chi connectivity index (χ2v) is 8.01. The highest BCUT2D eigenvalue weighted by atomic mass is 16.4. The number of carboxylic acids is 1. The molecular formula is C25H46O2. The molecule has 0 aromatic heterocycles. The molecule has 0 aliphatic heterocycles. The largest absolute Gasteiger partial charge is 0.481 e. The Morgan fingerprint density at radius 3 is 1.26 bits per heavy atom. The van der Waals surface area contributed by atoms with Gasteiger partial charge in [-0.3, -0.25) is 4.79 Å². The van der Waals surface area contributed by atoms with Crippen molar-refractivity contribution in [3.8, 4) is 11.8 Å². The molecule has 0 radical (unpaired) electrons. The summed E-state index contributed by atoms with van der Waals surface area (Å²) in [7, 11) is 0. The number of hydrogen-bond donors (Lipinski definition) is 1. The first-order valence-electron chi connectivity index (χ1n) is 11.9. The fraction of sp³-hybridized carbons (Fsp3) is 0.880. The van der Waals surface area contributed by atoms with Crippen molar-refractivity contribution < 1.29 is 9.90 Å². The van der Waals surface area contributed by atoms with Gasteiger partial charge in [-0.25, -0.2) is 0 Å². The highest BCUT2D eigenvalue weighted by Crippen LogP contribution is 2.14. The maximum Gasteiger partial charge on any atom is 0.303 e. The number of carboxylic acid groups (broad SMARTS) is 1. The van der Waals surface area contributed by atoms with E-state index in [1.807, 2.05) is 0 Å². The molecule has 0 aliphatic rings. The van der Waals surface area contributed by atoms with Crippen LogP contribution in [0.4, 0.5) is 0 Å². The lowest BCUT2D eigenvalue weighted by Gasteiger charge is -2.03. The molecule has 0 bridgehead atoms. The third-order valence-corrected chi connectivity index (χ3v) is 5.22. The van der Waals surface area contributed by atoms with Crippen molar-refractivity contribution >= 4 is 5.97 Å². The second kappa shape index (κ2) is 23.1. The Morgan fingerprint density at radius 2 is 0.889 bits per heavy atom. The zero-order chi connectivity index (χ0) is 19.8. The normalized spacial score (nSPS) is 10.6. The Bertz CT molecular complexity index is 364. The third kappa shape index (κ3) is 25.0. The average molecular weight is 379 g/mol. The molecule has 0 saturated heterocycles. The molecule has 0 amide bonds. The molecule has 0 unspecified atom stereocenters. The minimum absolute atomic E-state index is 0.244. The van der Waals surface area contributed by atoms with Crippen molar-refractivity contribution in [1.29, 1.82) is 0 Å². The van der Waals surface area contributed by atoms with Crippen molar-refractivity contribution in [1.82, 2.24) is 0 Å². The van der Waals surface area contributed by atoms with Gasteiger partial charge in [0.25, 0.3) is 0 Å². The van der Waals surface area contributed by atoms with E-state index in [4.69, 9.17) is 5.11 Å². The van der Waals surface area contributed by atoms with E-state index in [-0.39, 0.29) is 6.42 Å². The maximum atomic E-state index is 10.4. The molecule has 0 atom stereocenters. The molecule has 0 saturated carbocycles. The summed E-state index contributed by atoms with van der Waals surface area (Å²) in [5, 5.41) is 8.53. The topological polar surface area (TPSA) is 37.3 Å². The van der Waals surface area contributed by atoms with E-state index in [0.29, 0.717) is 6.42 Å². The predicted octanol–water partition coefficient (Wildman–Crippen LogP) is 8.29. The van der Waals surface area contributed by atoms with E-state index in [1.165, 1.54) is 109 Å². The molecule has 0 fully saturated rings. The van der Waals surface area contributed by atoms with Crippen LogP contribution in [-0.2, 0) is 4.79 Å². The van der Waals surface area contributed by atoms with Crippen LogP contribution in [0.1, 0.15) is 142 Å². The van der Waals surface area contributed by atoms with Gasteiger partial charge in [-0.15, -0.1) is 11.8 Å². The zero-order valence-corrected chi connectivity index (χ0v) is 18.2. The van der Waals surface area contributed by atoms with Gasteiger partial charge in [-0.1, -0.05) is 110 Å². The third-order valence-electron chi connectivity index (χ3n) is 5.22. The molecule has 0 spiro atoms. The number of aliphatic carboxylic acids is 1. The van der Waals surface area contributed by atoms with E-state index in [0.717, 1.165) is 12.8 Å². The molecule has 0 heterocycles. The van der Waals surface area contributed by atoms with Crippen molar-refractivity contribution in [3.63, 3.8) is 0 Å². The van der Waals surface area contributed by atoms with E-state index < -0.39 is 5.97 Å². The van der Waals surface area contributed by atoms with Crippen LogP contribution in [-0.4, -0.2) is 11.1 Å². The van der Waals surface area contributed by atoms with Crippen molar-refractivity contribution in [2.24, 2.45) is 0 Å². The average Bonchev–Trinajstić information content (AvgIpc) is 2.65. The van der Waals surface area contributed by atoms with Gasteiger partial charge in [0.2, 0.25) is 0 Å². The first-order chi connectivity index (χ1) is 13.3. The fourth-order valence-electron chi connectivity index (χ4n) is 3.44. The van der Waals surface area contributed by atoms with Gasteiger partial charge >= 0.3 is 5.97 Å². The van der Waals surface area contributed by atoms with Gasteiger partial charge in [-0.2, -0.15) is 0 Å². The van der Waals surface area contributed by atoms with E-state index in [1.54, 1.807) is 0 Å². The molecule has 2 nitrogen and oxygen atoms in total. The monoisotopic (exact) mass is 378 g/mol. The van der Waals surface area contributed by atoms with Gasteiger partial charge in [-0.05, 0) is 12.8 Å². The van der Waals surface area contributed by atoms with Gasteiger partial charge in [0.15, 0.2) is 0 Å². The highest BCUT2D eigenvalue weighted by Gasteiger charge is 1.95. The van der Waals surface area contributed by atoms with Crippen LogP contribution in [0.2, 0.25) is 0 Å². The van der Waals surface area contributed by atoms with E-state index in [9.17, 15) is 4.79 Å². The first-order valence-corrected chi connectivity index (χ1v) is 11.9. The highest BCUT2D eigenvalue weighted by molar-refractivity contribution is 5.66. The van der Waals surface area contributed by atoms with Crippen LogP contribution in [0.15, 0.2) is 0 Å². The molecule has 1 N–H and O–H groups in total. The number of rotatable bonds is 20. The van der Waals surface area contributed by atoms with E-state index in [2.05, 4.69) is 18.8 Å². The quantitative estimate of drug-likeness (QED) is 0.171. The Labute approximate surface area is 169 Å². The van der Waals surface area contributed by atoms with Gasteiger partial charge in [0, 0.05) is 19.3 Å². The van der Waals surface area contributed by atoms with Crippen molar-refractivity contribution in [2.75, 3.05) is 0 Å². The summed E-state index contributed by atoms with van der Waals surface area (Å²) in [5.41, 5.74) is 0. The summed E-state index contributed by atoms with van der Waals surface area (Å²) in [4.78, 5) is 10.4. The lowest BCUT2D eigenvalue weighted by atomic mass is 10.0. The van der Waals surface area contributed by atoms with Gasteiger partial charge < -0.3 is 5.11 Å². The van der Waals surface area contributed by atoms with Crippen LogP contribution >= 0.6 is 0 Å². The van der Waals surface area contributed by atoms with Crippen molar-refractivity contribution in [2.45, 2.75) is 142 Å². The summed E-state index contributed by atoms with van der Waals surface area (Å²) < 4.78 is 0. The minimum atomic E-state index is -0.718. The lowest BCUT2D eigenvalue weighted by Crippen LogP contribution is -1.92. The Hall–Kier alpha value is -0.970. The van der Waals surface area contributed by atoms with Crippen LogP contribution in [0.5, 0.6) is 0 Å². The Morgan fingerprint density at radius 1 is 0.556 bits per heavy atom. The molecule has 2 heteroatoms. The Balaban J connectivity index is 3.07. The standard InChI is InChI=1S/C25H46O2/c1-2-3-4-5-6-7-8-9-10-11-12-13-14-15-16-17-18-19-20-21-22-23-24-25(26)27/h2-19,22-24H2,1H3,(H,26,27). The van der Waals surface area contributed by atoms with Gasteiger partial charge in [0.1, 0.15) is 0 Å². The van der Waals surface area contributed by atoms with Crippen molar-refractivity contribution in [3.05, 3.63) is 0 Å². The maximum absolute atomic E-state index is 10.4. The number of unbranched alkanes of at least 4 members (excludes halogenated alkanes) is 18.